The average Bonchev–Trinajstić information content (AvgIpc) is 2.87. The number of pyridine rings is 1. The van der Waals surface area contributed by atoms with Crippen molar-refractivity contribution in [3.8, 4) is 11.6 Å². The molecule has 6 heteroatoms. The summed E-state index contributed by atoms with van der Waals surface area (Å²) >= 11 is 0. The highest BCUT2D eigenvalue weighted by Gasteiger charge is 2.29. The molecule has 6 nitrogen and oxygen atoms in total. The lowest BCUT2D eigenvalue weighted by atomic mass is 10.1. The van der Waals surface area contributed by atoms with Gasteiger partial charge in [0.05, 0.1) is 5.69 Å². The van der Waals surface area contributed by atoms with Crippen molar-refractivity contribution in [3.63, 3.8) is 0 Å². The molecule has 1 aliphatic rings. The van der Waals surface area contributed by atoms with E-state index in [-0.39, 0.29) is 24.2 Å². The Kier molecular flexibility index (Phi) is 5.52. The van der Waals surface area contributed by atoms with Crippen LogP contribution in [0.3, 0.4) is 0 Å². The van der Waals surface area contributed by atoms with Crippen LogP contribution < -0.4 is 15.0 Å². The predicted octanol–water partition coefficient (Wildman–Crippen LogP) is 3.58. The maximum atomic E-state index is 13.1. The van der Waals surface area contributed by atoms with Crippen molar-refractivity contribution in [3.05, 3.63) is 84.1 Å². The van der Waals surface area contributed by atoms with E-state index in [2.05, 4.69) is 22.4 Å². The van der Waals surface area contributed by atoms with E-state index in [1.165, 1.54) is 10.5 Å². The van der Waals surface area contributed by atoms with E-state index in [9.17, 15) is 9.59 Å². The molecular weight excluding hydrogens is 366 g/mol. The van der Waals surface area contributed by atoms with Crippen molar-refractivity contribution in [2.75, 3.05) is 18.0 Å². The van der Waals surface area contributed by atoms with Crippen LogP contribution >= 0.6 is 0 Å². The van der Waals surface area contributed by atoms with Crippen LogP contribution in [0.5, 0.6) is 11.6 Å². The van der Waals surface area contributed by atoms with E-state index < -0.39 is 0 Å². The van der Waals surface area contributed by atoms with Crippen LogP contribution in [0.15, 0.2) is 72.9 Å². The number of benzene rings is 2. The van der Waals surface area contributed by atoms with Crippen LogP contribution in [0.4, 0.5) is 5.69 Å². The third kappa shape index (κ3) is 4.27. The van der Waals surface area contributed by atoms with Gasteiger partial charge in [-0.25, -0.2) is 4.98 Å². The summed E-state index contributed by atoms with van der Waals surface area (Å²) in [7, 11) is 0. The van der Waals surface area contributed by atoms with Crippen molar-refractivity contribution < 1.29 is 14.3 Å². The fourth-order valence-corrected chi connectivity index (χ4v) is 3.28. The molecule has 2 amide bonds. The number of anilines is 1. The maximum Gasteiger partial charge on any atom is 0.264 e. The third-order valence-electron chi connectivity index (χ3n) is 4.72. The van der Waals surface area contributed by atoms with Crippen LogP contribution in [0.25, 0.3) is 0 Å². The highest BCUT2D eigenvalue weighted by atomic mass is 16.5. The molecule has 1 aliphatic heterocycles. The van der Waals surface area contributed by atoms with Gasteiger partial charge in [-0.05, 0) is 42.7 Å². The summed E-state index contributed by atoms with van der Waals surface area (Å²) in [5.41, 5.74) is 2.12. The molecule has 1 N–H and O–H groups in total. The number of hydrogen-bond acceptors (Lipinski definition) is 4. The first kappa shape index (κ1) is 18.7. The number of para-hydroxylation sites is 2. The lowest BCUT2D eigenvalue weighted by Gasteiger charge is -2.21. The van der Waals surface area contributed by atoms with Crippen LogP contribution in [0, 0.1) is 0 Å². The lowest BCUT2D eigenvalue weighted by Crippen LogP contribution is -2.41. The first-order chi connectivity index (χ1) is 14.2. The molecule has 0 atom stereocenters. The molecular formula is C23H21N3O3. The first-order valence-electron chi connectivity index (χ1n) is 9.57. The van der Waals surface area contributed by atoms with Crippen molar-refractivity contribution in [1.82, 2.24) is 10.3 Å². The molecule has 0 aliphatic carbocycles. The Balaban J connectivity index is 1.44. The normalized spacial score (nSPS) is 12.4. The average molecular weight is 387 g/mol. The summed E-state index contributed by atoms with van der Waals surface area (Å²) in [5.74, 6) is 0.219. The van der Waals surface area contributed by atoms with E-state index >= 15 is 0 Å². The molecule has 0 spiro atoms. The zero-order valence-electron chi connectivity index (χ0n) is 15.9. The second-order valence-electron chi connectivity index (χ2n) is 6.76. The molecule has 3 aromatic rings. The van der Waals surface area contributed by atoms with Gasteiger partial charge in [0.1, 0.15) is 12.1 Å². The van der Waals surface area contributed by atoms with Crippen LogP contribution in [-0.4, -0.2) is 29.9 Å². The Bertz CT molecular complexity index is 1020. The number of fused-ring (bicyclic) bond motifs is 2. The molecule has 29 heavy (non-hydrogen) atoms. The van der Waals surface area contributed by atoms with Gasteiger partial charge in [-0.3, -0.25) is 14.5 Å². The summed E-state index contributed by atoms with van der Waals surface area (Å²) in [6, 6.07) is 20.6. The zero-order chi connectivity index (χ0) is 20.1. The van der Waals surface area contributed by atoms with Crippen molar-refractivity contribution >= 4 is 17.5 Å². The molecule has 0 saturated heterocycles. The quantitative estimate of drug-likeness (QED) is 0.656. The van der Waals surface area contributed by atoms with Gasteiger partial charge < -0.3 is 10.1 Å². The maximum absolute atomic E-state index is 13.1. The molecule has 1 aromatic heterocycles. The molecule has 0 bridgehead atoms. The third-order valence-corrected chi connectivity index (χ3v) is 4.72. The summed E-state index contributed by atoms with van der Waals surface area (Å²) in [6.45, 7) is 0.463. The molecule has 2 aromatic carbocycles. The van der Waals surface area contributed by atoms with Crippen LogP contribution in [-0.2, 0) is 11.2 Å². The van der Waals surface area contributed by atoms with Crippen LogP contribution in [0.2, 0.25) is 0 Å². The van der Waals surface area contributed by atoms with E-state index in [0.29, 0.717) is 23.5 Å². The van der Waals surface area contributed by atoms with Gasteiger partial charge in [0.25, 0.3) is 5.91 Å². The number of amides is 2. The standard InChI is InChI=1S/C23H21N3O3/c27-21(24-14-6-10-17-8-2-1-3-9-17)16-26-19-12-4-5-13-20(19)29-22-18(23(26)28)11-7-15-25-22/h1-5,7-9,11-13,15H,6,10,14,16H2,(H,24,27). The van der Waals surface area contributed by atoms with Gasteiger partial charge in [0, 0.05) is 12.7 Å². The predicted molar refractivity (Wildman–Crippen MR) is 110 cm³/mol. The summed E-state index contributed by atoms with van der Waals surface area (Å²) < 4.78 is 5.83. The lowest BCUT2D eigenvalue weighted by molar-refractivity contribution is -0.119. The number of carbonyl (C=O) groups excluding carboxylic acids is 2. The number of rotatable bonds is 6. The Morgan fingerprint density at radius 2 is 1.79 bits per heavy atom. The number of ether oxygens (including phenoxy) is 1. The van der Waals surface area contributed by atoms with Crippen molar-refractivity contribution in [2.24, 2.45) is 0 Å². The van der Waals surface area contributed by atoms with E-state index in [4.69, 9.17) is 4.74 Å². The Hall–Kier alpha value is -3.67. The van der Waals surface area contributed by atoms with Crippen molar-refractivity contribution in [2.45, 2.75) is 12.8 Å². The smallest absolute Gasteiger partial charge is 0.264 e. The Morgan fingerprint density at radius 3 is 2.66 bits per heavy atom. The largest absolute Gasteiger partial charge is 0.436 e. The number of aromatic nitrogens is 1. The Morgan fingerprint density at radius 1 is 1.00 bits per heavy atom. The number of nitrogens with zero attached hydrogens (tertiary/aromatic N) is 2. The first-order valence-corrected chi connectivity index (χ1v) is 9.57. The molecule has 4 rings (SSSR count). The van der Waals surface area contributed by atoms with E-state index in [1.54, 1.807) is 30.5 Å². The number of carbonyl (C=O) groups is 2. The molecule has 0 fully saturated rings. The second kappa shape index (κ2) is 8.56. The molecule has 146 valence electrons. The van der Waals surface area contributed by atoms with Gasteiger partial charge in [-0.15, -0.1) is 0 Å². The molecule has 0 unspecified atom stereocenters. The summed E-state index contributed by atoms with van der Waals surface area (Å²) in [4.78, 5) is 31.2. The Labute approximate surface area is 169 Å². The number of aryl methyl sites for hydroxylation is 1. The summed E-state index contributed by atoms with van der Waals surface area (Å²) in [5, 5.41) is 2.91. The monoisotopic (exact) mass is 387 g/mol. The molecule has 2 heterocycles. The van der Waals surface area contributed by atoms with Gasteiger partial charge in [0.15, 0.2) is 5.75 Å². The highest BCUT2D eigenvalue weighted by Crippen LogP contribution is 2.37. The molecule has 0 saturated carbocycles. The van der Waals surface area contributed by atoms with Gasteiger partial charge in [-0.1, -0.05) is 42.5 Å². The number of hydrogen-bond donors (Lipinski definition) is 1. The topological polar surface area (TPSA) is 71.5 Å². The minimum atomic E-state index is -0.308. The van der Waals surface area contributed by atoms with Crippen LogP contribution in [0.1, 0.15) is 22.3 Å². The van der Waals surface area contributed by atoms with E-state index in [1.807, 2.05) is 30.3 Å². The van der Waals surface area contributed by atoms with Crippen molar-refractivity contribution in [1.29, 1.82) is 0 Å². The summed E-state index contributed by atoms with van der Waals surface area (Å²) in [6.07, 6.45) is 3.29. The highest BCUT2D eigenvalue weighted by molar-refractivity contribution is 6.11. The fourth-order valence-electron chi connectivity index (χ4n) is 3.28. The van der Waals surface area contributed by atoms with Gasteiger partial charge in [0.2, 0.25) is 11.8 Å². The van der Waals surface area contributed by atoms with Gasteiger partial charge in [-0.2, -0.15) is 0 Å². The minimum absolute atomic E-state index is 0.0844. The fraction of sp³-hybridized carbons (Fsp3) is 0.174. The molecule has 0 radical (unpaired) electrons. The minimum Gasteiger partial charge on any atom is -0.436 e. The second-order valence-corrected chi connectivity index (χ2v) is 6.76. The van der Waals surface area contributed by atoms with Gasteiger partial charge >= 0.3 is 0 Å². The number of nitrogens with one attached hydrogen (secondary N) is 1. The zero-order valence-corrected chi connectivity index (χ0v) is 15.9. The SMILES string of the molecule is O=C(CN1C(=O)c2cccnc2Oc2ccccc21)NCCCc1ccccc1. The van der Waals surface area contributed by atoms with E-state index in [0.717, 1.165) is 12.8 Å².